The van der Waals surface area contributed by atoms with Gasteiger partial charge in [0.2, 0.25) is 0 Å². The quantitative estimate of drug-likeness (QED) is 0.740. The van der Waals surface area contributed by atoms with Crippen molar-refractivity contribution in [2.24, 2.45) is 0 Å². The van der Waals surface area contributed by atoms with Gasteiger partial charge in [0.25, 0.3) is 11.8 Å². The molecule has 114 valence electrons. The first-order valence-corrected chi connectivity index (χ1v) is 6.76. The van der Waals surface area contributed by atoms with Crippen LogP contribution in [0.1, 0.15) is 10.4 Å². The van der Waals surface area contributed by atoms with E-state index in [0.29, 0.717) is 10.7 Å². The number of benzene rings is 2. The molecule has 5 nitrogen and oxygen atoms in total. The number of carbonyl (C=O) groups is 2. The molecule has 0 saturated carbocycles. The minimum Gasteiger partial charge on any atom is -0.343 e. The summed E-state index contributed by atoms with van der Waals surface area (Å²) in [5.41, 5.74) is 5.83. The maximum Gasteiger partial charge on any atom is 0.257 e. The standard InChI is InChI=1S/C15H13ClFN3O2/c16-11-4-2-6-13(8-11)19-20-14(21)9-18-15(22)10-3-1-5-12(17)7-10/h1-8,19H,9H2,(H,18,22)(H,20,21). The minimum absolute atomic E-state index is 0.149. The zero-order valence-corrected chi connectivity index (χ0v) is 12.2. The third kappa shape index (κ3) is 4.75. The number of halogens is 2. The third-order valence-corrected chi connectivity index (χ3v) is 2.90. The molecule has 0 aromatic heterocycles. The predicted octanol–water partition coefficient (Wildman–Crippen LogP) is 2.35. The lowest BCUT2D eigenvalue weighted by atomic mass is 10.2. The molecule has 0 saturated heterocycles. The van der Waals surface area contributed by atoms with Gasteiger partial charge in [-0.3, -0.25) is 20.4 Å². The lowest BCUT2D eigenvalue weighted by Crippen LogP contribution is -2.39. The molecule has 0 aliphatic rings. The van der Waals surface area contributed by atoms with Gasteiger partial charge in [-0.15, -0.1) is 0 Å². The molecule has 0 atom stereocenters. The summed E-state index contributed by atoms with van der Waals surface area (Å²) in [7, 11) is 0. The molecule has 2 aromatic rings. The highest BCUT2D eigenvalue weighted by atomic mass is 35.5. The van der Waals surface area contributed by atoms with E-state index in [1.54, 1.807) is 24.3 Å². The molecule has 0 aliphatic heterocycles. The first kappa shape index (κ1) is 15.8. The Balaban J connectivity index is 1.79. The van der Waals surface area contributed by atoms with E-state index < -0.39 is 17.6 Å². The molecule has 2 aromatic carbocycles. The summed E-state index contributed by atoms with van der Waals surface area (Å²) in [6.07, 6.45) is 0. The molecule has 2 amide bonds. The van der Waals surface area contributed by atoms with Gasteiger partial charge >= 0.3 is 0 Å². The number of nitrogens with one attached hydrogen (secondary N) is 3. The second kappa shape index (κ2) is 7.42. The average molecular weight is 322 g/mol. The van der Waals surface area contributed by atoms with Gasteiger partial charge < -0.3 is 5.32 Å². The number of carbonyl (C=O) groups excluding carboxylic acids is 2. The van der Waals surface area contributed by atoms with E-state index in [0.717, 1.165) is 6.07 Å². The largest absolute Gasteiger partial charge is 0.343 e. The molecule has 22 heavy (non-hydrogen) atoms. The Hall–Kier alpha value is -2.60. The summed E-state index contributed by atoms with van der Waals surface area (Å²) in [6, 6.07) is 12.0. The van der Waals surface area contributed by atoms with Crippen molar-refractivity contribution in [2.75, 3.05) is 12.0 Å². The topological polar surface area (TPSA) is 70.2 Å². The smallest absolute Gasteiger partial charge is 0.257 e. The lowest BCUT2D eigenvalue weighted by molar-refractivity contribution is -0.119. The number of amides is 2. The van der Waals surface area contributed by atoms with Crippen LogP contribution in [0.4, 0.5) is 10.1 Å². The summed E-state index contributed by atoms with van der Waals surface area (Å²) < 4.78 is 13.0. The summed E-state index contributed by atoms with van der Waals surface area (Å²) in [5, 5.41) is 2.92. The van der Waals surface area contributed by atoms with Crippen molar-refractivity contribution in [2.45, 2.75) is 0 Å². The van der Waals surface area contributed by atoms with Crippen molar-refractivity contribution in [3.8, 4) is 0 Å². The van der Waals surface area contributed by atoms with Crippen LogP contribution >= 0.6 is 11.6 Å². The van der Waals surface area contributed by atoms with E-state index in [2.05, 4.69) is 16.2 Å². The molecular formula is C15H13ClFN3O2. The highest BCUT2D eigenvalue weighted by Crippen LogP contribution is 2.13. The normalized spacial score (nSPS) is 9.91. The SMILES string of the molecule is O=C(CNC(=O)c1cccc(F)c1)NNc1cccc(Cl)c1. The Morgan fingerprint density at radius 3 is 2.59 bits per heavy atom. The van der Waals surface area contributed by atoms with Crippen LogP contribution in [0.2, 0.25) is 5.02 Å². The Morgan fingerprint density at radius 1 is 1.09 bits per heavy atom. The van der Waals surface area contributed by atoms with Gasteiger partial charge in [0.15, 0.2) is 0 Å². The zero-order valence-electron chi connectivity index (χ0n) is 11.4. The summed E-state index contributed by atoms with van der Waals surface area (Å²) in [5.74, 6) is -1.50. The number of anilines is 1. The highest BCUT2D eigenvalue weighted by Gasteiger charge is 2.08. The second-order valence-corrected chi connectivity index (χ2v) is 4.81. The number of hydrogen-bond donors (Lipinski definition) is 3. The molecule has 0 spiro atoms. The highest BCUT2D eigenvalue weighted by molar-refractivity contribution is 6.30. The first-order valence-electron chi connectivity index (χ1n) is 6.39. The van der Waals surface area contributed by atoms with Crippen LogP contribution in [0.3, 0.4) is 0 Å². The predicted molar refractivity (Wildman–Crippen MR) is 82.0 cm³/mol. The van der Waals surface area contributed by atoms with Crippen molar-refractivity contribution in [3.63, 3.8) is 0 Å². The maximum atomic E-state index is 13.0. The van der Waals surface area contributed by atoms with Crippen LogP contribution in [-0.2, 0) is 4.79 Å². The maximum absolute atomic E-state index is 13.0. The van der Waals surface area contributed by atoms with E-state index in [9.17, 15) is 14.0 Å². The van der Waals surface area contributed by atoms with Gasteiger partial charge in [-0.05, 0) is 36.4 Å². The van der Waals surface area contributed by atoms with Crippen LogP contribution < -0.4 is 16.2 Å². The molecule has 0 fully saturated rings. The van der Waals surface area contributed by atoms with Crippen LogP contribution in [-0.4, -0.2) is 18.4 Å². The second-order valence-electron chi connectivity index (χ2n) is 4.38. The number of hydrogen-bond acceptors (Lipinski definition) is 3. The number of hydrazine groups is 1. The molecule has 0 bridgehead atoms. The molecule has 0 radical (unpaired) electrons. The van der Waals surface area contributed by atoms with Gasteiger partial charge in [-0.25, -0.2) is 4.39 Å². The van der Waals surface area contributed by atoms with Crippen molar-refractivity contribution in [3.05, 3.63) is 64.9 Å². The fourth-order valence-corrected chi connectivity index (χ4v) is 1.83. The van der Waals surface area contributed by atoms with Crippen LogP contribution in [0.15, 0.2) is 48.5 Å². The van der Waals surface area contributed by atoms with E-state index in [1.807, 2.05) is 0 Å². The molecule has 7 heteroatoms. The average Bonchev–Trinajstić information content (AvgIpc) is 2.50. The van der Waals surface area contributed by atoms with Crippen LogP contribution in [0, 0.1) is 5.82 Å². The van der Waals surface area contributed by atoms with Gasteiger partial charge in [-0.2, -0.15) is 0 Å². The summed E-state index contributed by atoms with van der Waals surface area (Å²) in [4.78, 5) is 23.3. The van der Waals surface area contributed by atoms with E-state index >= 15 is 0 Å². The Labute approximate surface area is 131 Å². The van der Waals surface area contributed by atoms with Crippen molar-refractivity contribution >= 4 is 29.1 Å². The molecule has 2 rings (SSSR count). The van der Waals surface area contributed by atoms with Crippen molar-refractivity contribution < 1.29 is 14.0 Å². The van der Waals surface area contributed by atoms with Crippen molar-refractivity contribution in [1.29, 1.82) is 0 Å². The van der Waals surface area contributed by atoms with Crippen LogP contribution in [0.5, 0.6) is 0 Å². The summed E-state index contributed by atoms with van der Waals surface area (Å²) >= 11 is 5.80. The first-order chi connectivity index (χ1) is 10.5. The van der Waals surface area contributed by atoms with Crippen molar-refractivity contribution in [1.82, 2.24) is 10.7 Å². The third-order valence-electron chi connectivity index (χ3n) is 2.67. The molecule has 0 unspecified atom stereocenters. The number of rotatable bonds is 5. The van der Waals surface area contributed by atoms with E-state index in [4.69, 9.17) is 11.6 Å². The Morgan fingerprint density at radius 2 is 1.86 bits per heavy atom. The Kier molecular flexibility index (Phi) is 5.32. The minimum atomic E-state index is -0.530. The molecular weight excluding hydrogens is 309 g/mol. The van der Waals surface area contributed by atoms with Gasteiger partial charge in [0.05, 0.1) is 12.2 Å². The summed E-state index contributed by atoms with van der Waals surface area (Å²) in [6.45, 7) is -0.247. The fraction of sp³-hybridized carbons (Fsp3) is 0.0667. The lowest BCUT2D eigenvalue weighted by Gasteiger charge is -2.09. The molecule has 0 aliphatic carbocycles. The van der Waals surface area contributed by atoms with Crippen LogP contribution in [0.25, 0.3) is 0 Å². The molecule has 0 heterocycles. The van der Waals surface area contributed by atoms with Gasteiger partial charge in [0.1, 0.15) is 5.82 Å². The zero-order chi connectivity index (χ0) is 15.9. The van der Waals surface area contributed by atoms with E-state index in [-0.39, 0.29) is 12.1 Å². The fourth-order valence-electron chi connectivity index (χ4n) is 1.64. The monoisotopic (exact) mass is 321 g/mol. The Bertz CT molecular complexity index is 694. The van der Waals surface area contributed by atoms with Gasteiger partial charge in [-0.1, -0.05) is 23.7 Å². The molecule has 3 N–H and O–H groups in total. The van der Waals surface area contributed by atoms with Gasteiger partial charge in [0, 0.05) is 10.6 Å². The van der Waals surface area contributed by atoms with E-state index in [1.165, 1.54) is 18.2 Å².